The normalized spacial score (nSPS) is 20.9. The summed E-state index contributed by atoms with van der Waals surface area (Å²) in [5, 5.41) is 2.94. The number of piperidine rings is 2. The number of benzene rings is 1. The maximum Gasteiger partial charge on any atom is 0.228 e. The van der Waals surface area contributed by atoms with Crippen molar-refractivity contribution in [3.8, 4) is 5.75 Å². The molecular formula is C28H37N3O5. The van der Waals surface area contributed by atoms with Crippen molar-refractivity contribution in [2.24, 2.45) is 11.8 Å². The van der Waals surface area contributed by atoms with E-state index in [2.05, 4.69) is 12.2 Å². The van der Waals surface area contributed by atoms with E-state index in [-0.39, 0.29) is 35.6 Å². The Morgan fingerprint density at radius 1 is 1.11 bits per heavy atom. The molecule has 2 atom stereocenters. The summed E-state index contributed by atoms with van der Waals surface area (Å²) in [6.07, 6.45) is 5.59. The van der Waals surface area contributed by atoms with E-state index in [1.807, 2.05) is 40.1 Å². The maximum absolute atomic E-state index is 13.9. The van der Waals surface area contributed by atoms with Crippen LogP contribution in [-0.2, 0) is 20.9 Å². The highest BCUT2D eigenvalue weighted by Crippen LogP contribution is 2.42. The van der Waals surface area contributed by atoms with Gasteiger partial charge in [0, 0.05) is 37.5 Å². The summed E-state index contributed by atoms with van der Waals surface area (Å²) in [6, 6.07) is 11.0. The van der Waals surface area contributed by atoms with Crippen molar-refractivity contribution in [3.63, 3.8) is 0 Å². The number of unbranched alkanes of at least 4 members (excludes halogenated alkanes) is 1. The number of methoxy groups -OCH3 is 1. The summed E-state index contributed by atoms with van der Waals surface area (Å²) in [7, 11) is 1.62. The van der Waals surface area contributed by atoms with Crippen LogP contribution in [0.25, 0.3) is 0 Å². The Labute approximate surface area is 213 Å². The predicted molar refractivity (Wildman–Crippen MR) is 135 cm³/mol. The second-order valence-corrected chi connectivity index (χ2v) is 9.67. The topological polar surface area (TPSA) is 92.1 Å². The molecule has 2 fully saturated rings. The van der Waals surface area contributed by atoms with Crippen LogP contribution in [0.5, 0.6) is 5.75 Å². The Morgan fingerprint density at radius 3 is 2.58 bits per heavy atom. The number of para-hydroxylation sites is 1. The van der Waals surface area contributed by atoms with Gasteiger partial charge in [-0.15, -0.1) is 0 Å². The molecule has 2 aliphatic heterocycles. The lowest BCUT2D eigenvalue weighted by Gasteiger charge is -2.43. The molecule has 0 radical (unpaired) electrons. The fourth-order valence-corrected chi connectivity index (χ4v) is 5.43. The quantitative estimate of drug-likeness (QED) is 0.569. The van der Waals surface area contributed by atoms with Crippen LogP contribution in [0, 0.1) is 11.8 Å². The lowest BCUT2D eigenvalue weighted by molar-refractivity contribution is -0.149. The number of likely N-dealkylation sites (tertiary alicyclic amines) is 2. The number of hydrogen-bond donors (Lipinski definition) is 1. The lowest BCUT2D eigenvalue weighted by atomic mass is 9.82. The van der Waals surface area contributed by atoms with E-state index in [1.54, 1.807) is 19.4 Å². The second-order valence-electron chi connectivity index (χ2n) is 9.67. The monoisotopic (exact) mass is 495 g/mol. The Kier molecular flexibility index (Phi) is 8.67. The van der Waals surface area contributed by atoms with Gasteiger partial charge in [0.25, 0.3) is 0 Å². The number of carbonyl (C=O) groups excluding carboxylic acids is 3. The molecule has 4 rings (SSSR count). The van der Waals surface area contributed by atoms with Crippen molar-refractivity contribution in [1.82, 2.24) is 15.1 Å². The number of carbonyl (C=O) groups is 3. The van der Waals surface area contributed by atoms with E-state index >= 15 is 0 Å². The van der Waals surface area contributed by atoms with Gasteiger partial charge in [-0.2, -0.15) is 0 Å². The average Bonchev–Trinajstić information content (AvgIpc) is 3.44. The molecule has 8 heteroatoms. The maximum atomic E-state index is 13.9. The zero-order valence-electron chi connectivity index (χ0n) is 21.3. The summed E-state index contributed by atoms with van der Waals surface area (Å²) in [5.74, 6) is 1.12. The summed E-state index contributed by atoms with van der Waals surface area (Å²) < 4.78 is 10.9. The van der Waals surface area contributed by atoms with Crippen molar-refractivity contribution in [3.05, 3.63) is 54.0 Å². The summed E-state index contributed by atoms with van der Waals surface area (Å²) in [5.41, 5.74) is 0.884. The molecule has 3 heterocycles. The van der Waals surface area contributed by atoms with Gasteiger partial charge in [-0.3, -0.25) is 14.4 Å². The van der Waals surface area contributed by atoms with Crippen LogP contribution in [0.15, 0.2) is 47.1 Å². The second kappa shape index (κ2) is 12.1. The molecular weight excluding hydrogens is 458 g/mol. The Bertz CT molecular complexity index is 1030. The molecule has 1 aromatic carbocycles. The van der Waals surface area contributed by atoms with Crippen molar-refractivity contribution in [2.75, 3.05) is 26.7 Å². The number of amides is 3. The van der Waals surface area contributed by atoms with Crippen LogP contribution >= 0.6 is 0 Å². The zero-order valence-corrected chi connectivity index (χ0v) is 21.3. The fraction of sp³-hybridized carbons (Fsp3) is 0.536. The van der Waals surface area contributed by atoms with Gasteiger partial charge in [0.15, 0.2) is 0 Å². The molecule has 194 valence electrons. The summed E-state index contributed by atoms with van der Waals surface area (Å²) in [6.45, 7) is 4.17. The minimum Gasteiger partial charge on any atom is -0.496 e. The highest BCUT2D eigenvalue weighted by atomic mass is 16.5. The van der Waals surface area contributed by atoms with E-state index in [9.17, 15) is 14.4 Å². The molecule has 2 aliphatic rings. The van der Waals surface area contributed by atoms with Gasteiger partial charge in [-0.25, -0.2) is 0 Å². The molecule has 1 N–H and O–H groups in total. The zero-order chi connectivity index (χ0) is 25.5. The minimum absolute atomic E-state index is 0.000554. The van der Waals surface area contributed by atoms with E-state index in [4.69, 9.17) is 9.15 Å². The third-order valence-electron chi connectivity index (χ3n) is 7.43. The molecule has 0 spiro atoms. The van der Waals surface area contributed by atoms with Gasteiger partial charge in [0.05, 0.1) is 31.9 Å². The Hall–Kier alpha value is -3.29. The molecule has 0 saturated carbocycles. The first kappa shape index (κ1) is 25.8. The van der Waals surface area contributed by atoms with E-state index in [0.29, 0.717) is 57.6 Å². The van der Waals surface area contributed by atoms with Gasteiger partial charge in [-0.1, -0.05) is 31.5 Å². The first-order valence-corrected chi connectivity index (χ1v) is 13.0. The molecule has 36 heavy (non-hydrogen) atoms. The average molecular weight is 496 g/mol. The molecule has 2 aromatic rings. The molecule has 2 unspecified atom stereocenters. The summed E-state index contributed by atoms with van der Waals surface area (Å²) in [4.78, 5) is 43.3. The SMILES string of the molecule is CCCCN1C(=O)CCC(C(=O)N2CCC(C(=O)NCc3ccco3)CC2)C1c1ccccc1OC. The van der Waals surface area contributed by atoms with Gasteiger partial charge in [-0.05, 0) is 43.9 Å². The third-order valence-corrected chi connectivity index (χ3v) is 7.43. The highest BCUT2D eigenvalue weighted by Gasteiger charge is 2.43. The van der Waals surface area contributed by atoms with E-state index < -0.39 is 0 Å². The molecule has 0 aliphatic carbocycles. The third kappa shape index (κ3) is 5.74. The van der Waals surface area contributed by atoms with Gasteiger partial charge >= 0.3 is 0 Å². The smallest absolute Gasteiger partial charge is 0.228 e. The molecule has 0 bridgehead atoms. The number of hydrogen-bond acceptors (Lipinski definition) is 5. The van der Waals surface area contributed by atoms with E-state index in [1.165, 1.54) is 0 Å². The van der Waals surface area contributed by atoms with Crippen molar-refractivity contribution < 1.29 is 23.5 Å². The van der Waals surface area contributed by atoms with Crippen LogP contribution in [-0.4, -0.2) is 54.3 Å². The fourth-order valence-electron chi connectivity index (χ4n) is 5.43. The Balaban J connectivity index is 1.46. The first-order chi connectivity index (χ1) is 17.5. The van der Waals surface area contributed by atoms with Crippen LogP contribution < -0.4 is 10.1 Å². The number of nitrogens with zero attached hydrogens (tertiary/aromatic N) is 2. The summed E-state index contributed by atoms with van der Waals surface area (Å²) >= 11 is 0. The van der Waals surface area contributed by atoms with Gasteiger partial charge in [0.1, 0.15) is 11.5 Å². The molecule has 1 aromatic heterocycles. The molecule has 8 nitrogen and oxygen atoms in total. The highest BCUT2D eigenvalue weighted by molar-refractivity contribution is 5.86. The van der Waals surface area contributed by atoms with Crippen molar-refractivity contribution in [1.29, 1.82) is 0 Å². The lowest BCUT2D eigenvalue weighted by Crippen LogP contribution is -2.51. The van der Waals surface area contributed by atoms with Crippen LogP contribution in [0.3, 0.4) is 0 Å². The van der Waals surface area contributed by atoms with Crippen molar-refractivity contribution in [2.45, 2.75) is 58.0 Å². The van der Waals surface area contributed by atoms with Gasteiger partial charge in [0.2, 0.25) is 17.7 Å². The van der Waals surface area contributed by atoms with Crippen LogP contribution in [0.1, 0.15) is 62.8 Å². The van der Waals surface area contributed by atoms with Crippen molar-refractivity contribution >= 4 is 17.7 Å². The number of furan rings is 1. The minimum atomic E-state index is -0.351. The number of nitrogens with one attached hydrogen (secondary N) is 1. The number of rotatable bonds is 9. The standard InChI is InChI=1S/C28H37N3O5/c1-3-4-15-31-25(32)12-11-23(26(31)22-9-5-6-10-24(22)35-2)28(34)30-16-13-20(14-17-30)27(33)29-19-21-8-7-18-36-21/h5-10,18,20,23,26H,3-4,11-17,19H2,1-2H3,(H,29,33). The number of ether oxygens (including phenoxy) is 1. The van der Waals surface area contributed by atoms with E-state index in [0.717, 1.165) is 24.2 Å². The molecule has 3 amide bonds. The largest absolute Gasteiger partial charge is 0.496 e. The predicted octanol–water partition coefficient (Wildman–Crippen LogP) is 3.92. The van der Waals surface area contributed by atoms with Gasteiger partial charge < -0.3 is 24.3 Å². The Morgan fingerprint density at radius 2 is 1.89 bits per heavy atom. The van der Waals surface area contributed by atoms with Crippen LogP contribution in [0.4, 0.5) is 0 Å². The molecule has 2 saturated heterocycles. The first-order valence-electron chi connectivity index (χ1n) is 13.0. The van der Waals surface area contributed by atoms with Crippen LogP contribution in [0.2, 0.25) is 0 Å².